The first-order valence-corrected chi connectivity index (χ1v) is 22.7. The summed E-state index contributed by atoms with van der Waals surface area (Å²) in [7, 11) is 1.20. The van der Waals surface area contributed by atoms with Crippen LogP contribution in [0.3, 0.4) is 0 Å². The molecule has 0 N–H and O–H groups in total. The van der Waals surface area contributed by atoms with Crippen LogP contribution in [0.25, 0.3) is 0 Å². The molecule has 0 aromatic rings. The first-order chi connectivity index (χ1) is 24.7. The molecule has 0 saturated carbocycles. The molecule has 0 aromatic carbocycles. The van der Waals surface area contributed by atoms with Crippen LogP contribution < -0.4 is 0 Å². The van der Waals surface area contributed by atoms with E-state index in [-0.39, 0.29) is 12.2 Å². The third-order valence-electron chi connectivity index (χ3n) is 9.83. The van der Waals surface area contributed by atoms with Crippen molar-refractivity contribution in [1.82, 2.24) is 0 Å². The van der Waals surface area contributed by atoms with Gasteiger partial charge in [0.1, 0.15) is 13.2 Å². The highest BCUT2D eigenvalue weighted by Gasteiger charge is 2.22. The smallest absolute Gasteiger partial charge is 0.379 e. The van der Waals surface area contributed by atoms with Gasteiger partial charge in [0.2, 0.25) is 0 Å². The van der Waals surface area contributed by atoms with Gasteiger partial charge in [-0.3, -0.25) is 0 Å². The Kier molecular flexibility index (Phi) is 43.1. The highest BCUT2D eigenvalue weighted by Crippen LogP contribution is 2.25. The molecule has 0 fully saturated rings. The zero-order valence-corrected chi connectivity index (χ0v) is 34.8. The SMILES string of the molecule is CCCCCCCCCCCCCCCCOC[C@H](CCO[P+](=O)OCC[C@@H](COCCCCCCCCCCCCCCCC)OC)OC. The molecule has 0 unspecified atom stereocenters. The highest BCUT2D eigenvalue weighted by molar-refractivity contribution is 7.33. The molecule has 0 radical (unpaired) electrons. The molecule has 0 heterocycles. The topological polar surface area (TPSA) is 72.5 Å². The monoisotopic (exact) mass is 734 g/mol. The fourth-order valence-corrected chi connectivity index (χ4v) is 6.90. The second kappa shape index (κ2) is 43.3. The fraction of sp³-hybridized carbons (Fsp3) is 1.00. The predicted octanol–water partition coefficient (Wildman–Crippen LogP) is 13.5. The maximum atomic E-state index is 12.2. The van der Waals surface area contributed by atoms with Crippen LogP contribution in [0.15, 0.2) is 0 Å². The van der Waals surface area contributed by atoms with Gasteiger partial charge in [-0.1, -0.05) is 181 Å². The number of rotatable bonds is 44. The van der Waals surface area contributed by atoms with E-state index in [4.69, 9.17) is 28.0 Å². The molecule has 50 heavy (non-hydrogen) atoms. The lowest BCUT2D eigenvalue weighted by Gasteiger charge is -2.14. The van der Waals surface area contributed by atoms with Gasteiger partial charge in [-0.15, -0.1) is 9.05 Å². The normalized spacial score (nSPS) is 12.9. The zero-order valence-electron chi connectivity index (χ0n) is 33.9. The summed E-state index contributed by atoms with van der Waals surface area (Å²) in [4.78, 5) is 0. The van der Waals surface area contributed by atoms with Gasteiger partial charge in [-0.05, 0) is 12.8 Å². The van der Waals surface area contributed by atoms with Crippen LogP contribution in [0.2, 0.25) is 0 Å². The Hall–Kier alpha value is -0.140. The average molecular weight is 734 g/mol. The van der Waals surface area contributed by atoms with Crippen LogP contribution in [0.5, 0.6) is 0 Å². The van der Waals surface area contributed by atoms with Gasteiger partial charge in [0.05, 0.1) is 25.4 Å². The predicted molar refractivity (Wildman–Crippen MR) is 213 cm³/mol. The molecule has 0 spiro atoms. The van der Waals surface area contributed by atoms with Crippen molar-refractivity contribution in [1.29, 1.82) is 0 Å². The molecule has 7 nitrogen and oxygen atoms in total. The Morgan fingerprint density at radius 2 is 0.640 bits per heavy atom. The summed E-state index contributed by atoms with van der Waals surface area (Å²) in [5.74, 6) is 0. The van der Waals surface area contributed by atoms with Gasteiger partial charge in [-0.25, -0.2) is 0 Å². The van der Waals surface area contributed by atoms with Crippen LogP contribution in [0.4, 0.5) is 0 Å². The maximum absolute atomic E-state index is 12.2. The Morgan fingerprint density at radius 1 is 0.380 bits per heavy atom. The Morgan fingerprint density at radius 3 is 0.900 bits per heavy atom. The van der Waals surface area contributed by atoms with Gasteiger partial charge >= 0.3 is 8.25 Å². The largest absolute Gasteiger partial charge is 0.697 e. The van der Waals surface area contributed by atoms with Crippen LogP contribution in [-0.2, 0) is 32.6 Å². The van der Waals surface area contributed by atoms with Crippen molar-refractivity contribution in [2.75, 3.05) is 53.9 Å². The summed E-state index contributed by atoms with van der Waals surface area (Å²) >= 11 is 0. The minimum atomic E-state index is -2.16. The highest BCUT2D eigenvalue weighted by atomic mass is 31.1. The zero-order chi connectivity index (χ0) is 36.4. The molecule has 2 atom stereocenters. The van der Waals surface area contributed by atoms with Crippen molar-refractivity contribution in [2.45, 2.75) is 219 Å². The van der Waals surface area contributed by atoms with Gasteiger partial charge in [0.15, 0.2) is 0 Å². The summed E-state index contributed by atoms with van der Waals surface area (Å²) < 4.78 is 45.7. The van der Waals surface area contributed by atoms with E-state index in [2.05, 4.69) is 13.8 Å². The third-order valence-corrected chi connectivity index (χ3v) is 10.6. The van der Waals surface area contributed by atoms with Gasteiger partial charge in [0.25, 0.3) is 0 Å². The number of ether oxygens (including phenoxy) is 4. The van der Waals surface area contributed by atoms with E-state index in [1.165, 1.54) is 167 Å². The van der Waals surface area contributed by atoms with Crippen molar-refractivity contribution in [3.63, 3.8) is 0 Å². The summed E-state index contributed by atoms with van der Waals surface area (Å²) in [5.41, 5.74) is 0. The number of methoxy groups -OCH3 is 2. The van der Waals surface area contributed by atoms with E-state index in [0.717, 1.165) is 26.1 Å². The van der Waals surface area contributed by atoms with Crippen molar-refractivity contribution in [3.8, 4) is 0 Å². The molecular weight excluding hydrogens is 647 g/mol. The molecule has 300 valence electrons. The third kappa shape index (κ3) is 39.1. The summed E-state index contributed by atoms with van der Waals surface area (Å²) in [6.07, 6.45) is 39.1. The molecule has 0 rings (SSSR count). The van der Waals surface area contributed by atoms with E-state index >= 15 is 0 Å². The number of unbranched alkanes of at least 4 members (excludes halogenated alkanes) is 26. The van der Waals surface area contributed by atoms with Crippen LogP contribution in [0, 0.1) is 0 Å². The van der Waals surface area contributed by atoms with E-state index in [1.807, 2.05) is 0 Å². The van der Waals surface area contributed by atoms with Crippen molar-refractivity contribution in [2.24, 2.45) is 0 Å². The molecule has 0 aliphatic heterocycles. The molecule has 0 amide bonds. The first kappa shape index (κ1) is 49.9. The maximum Gasteiger partial charge on any atom is 0.697 e. The lowest BCUT2D eigenvalue weighted by atomic mass is 10.0. The van der Waals surface area contributed by atoms with Gasteiger partial charge in [0, 0.05) is 44.8 Å². The van der Waals surface area contributed by atoms with E-state index in [1.54, 1.807) is 14.2 Å². The van der Waals surface area contributed by atoms with E-state index in [0.29, 0.717) is 39.3 Å². The van der Waals surface area contributed by atoms with Crippen molar-refractivity contribution >= 4 is 8.25 Å². The molecule has 0 bridgehead atoms. The minimum Gasteiger partial charge on any atom is -0.379 e. The Balaban J connectivity index is 3.53. The van der Waals surface area contributed by atoms with Gasteiger partial charge < -0.3 is 18.9 Å². The van der Waals surface area contributed by atoms with Gasteiger partial charge in [-0.2, -0.15) is 0 Å². The lowest BCUT2D eigenvalue weighted by Crippen LogP contribution is -2.21. The van der Waals surface area contributed by atoms with E-state index < -0.39 is 8.25 Å². The fourth-order valence-electron chi connectivity index (χ4n) is 6.32. The molecule has 0 aliphatic carbocycles. The van der Waals surface area contributed by atoms with Crippen LogP contribution in [0.1, 0.15) is 206 Å². The molecule has 0 saturated heterocycles. The summed E-state index contributed by atoms with van der Waals surface area (Å²) in [6, 6.07) is 0. The Labute approximate surface area is 312 Å². The average Bonchev–Trinajstić information content (AvgIpc) is 3.12. The van der Waals surface area contributed by atoms with Crippen molar-refractivity contribution < 1.29 is 32.6 Å². The molecular formula is C42H86O7P+. The number of hydrogen-bond acceptors (Lipinski definition) is 7. The van der Waals surface area contributed by atoms with Crippen LogP contribution in [-0.4, -0.2) is 66.1 Å². The first-order valence-electron chi connectivity index (χ1n) is 21.6. The number of hydrogen-bond donors (Lipinski definition) is 0. The molecule has 0 aromatic heterocycles. The summed E-state index contributed by atoms with van der Waals surface area (Å²) in [6.45, 7) is 7.78. The minimum absolute atomic E-state index is 0.0696. The standard InChI is InChI=1S/C42H86O7P/c1-5-7-9-11-13-15-17-19-21-23-25-27-29-31-35-46-39-41(44-3)33-37-48-50(43)49-38-34-42(45-4)40-47-36-32-30-28-26-24-22-20-18-16-14-12-10-8-6-2/h41-42H,5-40H2,1-4H3/q+1/t41-,42-/m0/s1. The Bertz CT molecular complexity index is 602. The second-order valence-corrected chi connectivity index (χ2v) is 15.5. The lowest BCUT2D eigenvalue weighted by molar-refractivity contribution is -0.00593. The quantitative estimate of drug-likeness (QED) is 0.0456. The second-order valence-electron chi connectivity index (χ2n) is 14.5. The summed E-state index contributed by atoms with van der Waals surface area (Å²) in [5, 5.41) is 0. The molecule has 8 heteroatoms. The van der Waals surface area contributed by atoms with Crippen LogP contribution >= 0.6 is 8.25 Å². The van der Waals surface area contributed by atoms with E-state index in [9.17, 15) is 4.57 Å². The molecule has 0 aliphatic rings. The van der Waals surface area contributed by atoms with Crippen molar-refractivity contribution in [3.05, 3.63) is 0 Å².